The molecule has 0 saturated carbocycles. The van der Waals surface area contributed by atoms with Crippen LogP contribution in [0.3, 0.4) is 0 Å². The third-order valence-corrected chi connectivity index (χ3v) is 3.61. The molecule has 0 saturated heterocycles. The van der Waals surface area contributed by atoms with Crippen molar-refractivity contribution in [3.63, 3.8) is 0 Å². The second-order valence-electron chi connectivity index (χ2n) is 5.21. The van der Waals surface area contributed by atoms with Crippen molar-refractivity contribution in [3.05, 3.63) is 35.4 Å². The van der Waals surface area contributed by atoms with Crippen LogP contribution in [0.15, 0.2) is 18.5 Å². The van der Waals surface area contributed by atoms with Crippen molar-refractivity contribution in [3.8, 4) is 0 Å². The second kappa shape index (κ2) is 6.70. The largest absolute Gasteiger partial charge is 0.327 e. The molecule has 0 amide bonds. The molecule has 110 valence electrons. The highest BCUT2D eigenvalue weighted by Gasteiger charge is 2.08. The van der Waals surface area contributed by atoms with Gasteiger partial charge in [-0.1, -0.05) is 13.8 Å². The van der Waals surface area contributed by atoms with Gasteiger partial charge in [-0.25, -0.2) is 0 Å². The quantitative estimate of drug-likeness (QED) is 0.840. The Morgan fingerprint density at radius 1 is 1.30 bits per heavy atom. The van der Waals surface area contributed by atoms with Crippen LogP contribution in [-0.4, -0.2) is 25.6 Å². The van der Waals surface area contributed by atoms with Crippen LogP contribution >= 0.6 is 0 Å². The van der Waals surface area contributed by atoms with E-state index in [0.717, 1.165) is 38.0 Å². The average molecular weight is 275 g/mol. The van der Waals surface area contributed by atoms with Gasteiger partial charge in [0.25, 0.3) is 0 Å². The molecule has 0 bridgehead atoms. The minimum atomic E-state index is 0.223. The highest BCUT2D eigenvalue weighted by molar-refractivity contribution is 5.12. The van der Waals surface area contributed by atoms with Crippen LogP contribution in [0, 0.1) is 0 Å². The Balaban J connectivity index is 2.08. The summed E-state index contributed by atoms with van der Waals surface area (Å²) < 4.78 is 4.03. The SMILES string of the molecule is CCc1cc(Cn2cc(CC(N)CC)cn2)n(CC)n1. The molecule has 2 aromatic heterocycles. The Labute approximate surface area is 120 Å². The molecule has 1 unspecified atom stereocenters. The highest BCUT2D eigenvalue weighted by atomic mass is 15.3. The third-order valence-electron chi connectivity index (χ3n) is 3.61. The number of rotatable bonds is 7. The first-order valence-electron chi connectivity index (χ1n) is 7.48. The van der Waals surface area contributed by atoms with Gasteiger partial charge in [-0.15, -0.1) is 0 Å². The number of aromatic nitrogens is 4. The normalized spacial score (nSPS) is 12.8. The first kappa shape index (κ1) is 14.8. The summed E-state index contributed by atoms with van der Waals surface area (Å²) in [4.78, 5) is 0. The van der Waals surface area contributed by atoms with Crippen LogP contribution < -0.4 is 5.73 Å². The standard InChI is InChI=1S/C15H25N5/c1-4-13(16)7-12-9-17-19(10-12)11-15-8-14(5-2)18-20(15)6-3/h8-10,13H,4-7,11,16H2,1-3H3. The zero-order chi connectivity index (χ0) is 14.5. The fourth-order valence-corrected chi connectivity index (χ4v) is 2.30. The van der Waals surface area contributed by atoms with Gasteiger partial charge in [0.2, 0.25) is 0 Å². The number of hydrogen-bond acceptors (Lipinski definition) is 3. The highest BCUT2D eigenvalue weighted by Crippen LogP contribution is 2.09. The Hall–Kier alpha value is -1.62. The molecule has 2 heterocycles. The van der Waals surface area contributed by atoms with E-state index >= 15 is 0 Å². The lowest BCUT2D eigenvalue weighted by molar-refractivity contribution is 0.573. The van der Waals surface area contributed by atoms with Gasteiger partial charge in [-0.2, -0.15) is 10.2 Å². The van der Waals surface area contributed by atoms with E-state index in [4.69, 9.17) is 5.73 Å². The molecule has 0 aromatic carbocycles. The molecule has 5 heteroatoms. The number of nitrogens with two attached hydrogens (primary N) is 1. The summed E-state index contributed by atoms with van der Waals surface area (Å²) in [6.45, 7) is 8.02. The van der Waals surface area contributed by atoms with Crippen LogP contribution in [0.25, 0.3) is 0 Å². The van der Waals surface area contributed by atoms with Gasteiger partial charge in [-0.3, -0.25) is 9.36 Å². The molecule has 2 aromatic rings. The van der Waals surface area contributed by atoms with E-state index in [-0.39, 0.29) is 6.04 Å². The predicted octanol–water partition coefficient (Wildman–Crippen LogP) is 1.99. The summed E-state index contributed by atoms with van der Waals surface area (Å²) in [5, 5.41) is 9.00. The van der Waals surface area contributed by atoms with Gasteiger partial charge in [0, 0.05) is 18.8 Å². The minimum absolute atomic E-state index is 0.223. The van der Waals surface area contributed by atoms with Gasteiger partial charge in [-0.05, 0) is 37.8 Å². The molecular formula is C15H25N5. The first-order valence-corrected chi connectivity index (χ1v) is 7.48. The van der Waals surface area contributed by atoms with Gasteiger partial charge in [0.1, 0.15) is 0 Å². The van der Waals surface area contributed by atoms with Crippen LogP contribution in [0.2, 0.25) is 0 Å². The number of nitrogens with zero attached hydrogens (tertiary/aromatic N) is 4. The Morgan fingerprint density at radius 3 is 2.75 bits per heavy atom. The molecule has 0 radical (unpaired) electrons. The van der Waals surface area contributed by atoms with Crippen molar-refractivity contribution in [1.29, 1.82) is 0 Å². The van der Waals surface area contributed by atoms with Crippen molar-refractivity contribution < 1.29 is 0 Å². The fraction of sp³-hybridized carbons (Fsp3) is 0.600. The maximum absolute atomic E-state index is 5.98. The van der Waals surface area contributed by atoms with Crippen molar-refractivity contribution >= 4 is 0 Å². The molecule has 20 heavy (non-hydrogen) atoms. The Bertz CT molecular complexity index is 540. The van der Waals surface area contributed by atoms with E-state index in [1.54, 1.807) is 0 Å². The molecule has 2 rings (SSSR count). The summed E-state index contributed by atoms with van der Waals surface area (Å²) in [7, 11) is 0. The lowest BCUT2D eigenvalue weighted by Gasteiger charge is -2.06. The molecule has 0 aliphatic heterocycles. The molecule has 1 atom stereocenters. The van der Waals surface area contributed by atoms with Crippen molar-refractivity contribution in [1.82, 2.24) is 19.6 Å². The average Bonchev–Trinajstić information content (AvgIpc) is 3.05. The lowest BCUT2D eigenvalue weighted by Crippen LogP contribution is -2.21. The van der Waals surface area contributed by atoms with E-state index in [1.807, 2.05) is 10.9 Å². The maximum Gasteiger partial charge on any atom is 0.0828 e. The first-order chi connectivity index (χ1) is 9.66. The molecule has 0 spiro atoms. The summed E-state index contributed by atoms with van der Waals surface area (Å²) in [6.07, 6.45) is 6.87. The molecule has 5 nitrogen and oxygen atoms in total. The minimum Gasteiger partial charge on any atom is -0.327 e. The smallest absolute Gasteiger partial charge is 0.0828 e. The molecule has 0 aliphatic rings. The van der Waals surface area contributed by atoms with Crippen LogP contribution in [-0.2, 0) is 25.9 Å². The van der Waals surface area contributed by atoms with Gasteiger partial charge in [0.05, 0.1) is 24.1 Å². The molecular weight excluding hydrogens is 250 g/mol. The van der Waals surface area contributed by atoms with E-state index < -0.39 is 0 Å². The van der Waals surface area contributed by atoms with Gasteiger partial charge in [0.15, 0.2) is 0 Å². The maximum atomic E-state index is 5.98. The summed E-state index contributed by atoms with van der Waals surface area (Å²) >= 11 is 0. The Kier molecular flexibility index (Phi) is 4.95. The molecule has 2 N–H and O–H groups in total. The van der Waals surface area contributed by atoms with Crippen molar-refractivity contribution in [2.75, 3.05) is 0 Å². The van der Waals surface area contributed by atoms with Crippen LogP contribution in [0.1, 0.15) is 44.1 Å². The monoisotopic (exact) mass is 275 g/mol. The molecule has 0 aliphatic carbocycles. The number of hydrogen-bond donors (Lipinski definition) is 1. The Morgan fingerprint density at radius 2 is 2.10 bits per heavy atom. The molecule has 0 fully saturated rings. The van der Waals surface area contributed by atoms with Gasteiger partial charge < -0.3 is 5.73 Å². The van der Waals surface area contributed by atoms with E-state index in [2.05, 4.69) is 47.9 Å². The van der Waals surface area contributed by atoms with E-state index in [9.17, 15) is 0 Å². The van der Waals surface area contributed by atoms with Crippen LogP contribution in [0.5, 0.6) is 0 Å². The topological polar surface area (TPSA) is 61.7 Å². The van der Waals surface area contributed by atoms with Crippen molar-refractivity contribution in [2.24, 2.45) is 5.73 Å². The van der Waals surface area contributed by atoms with Crippen LogP contribution in [0.4, 0.5) is 0 Å². The third kappa shape index (κ3) is 3.48. The predicted molar refractivity (Wildman–Crippen MR) is 80.6 cm³/mol. The zero-order valence-corrected chi connectivity index (χ0v) is 12.7. The van der Waals surface area contributed by atoms with Gasteiger partial charge >= 0.3 is 0 Å². The summed E-state index contributed by atoms with van der Waals surface area (Å²) in [6, 6.07) is 2.39. The summed E-state index contributed by atoms with van der Waals surface area (Å²) in [5.74, 6) is 0. The summed E-state index contributed by atoms with van der Waals surface area (Å²) in [5.41, 5.74) is 9.54. The lowest BCUT2D eigenvalue weighted by atomic mass is 10.1. The fourth-order valence-electron chi connectivity index (χ4n) is 2.30. The van der Waals surface area contributed by atoms with Crippen molar-refractivity contribution in [2.45, 2.75) is 59.2 Å². The number of aryl methyl sites for hydroxylation is 2. The van der Waals surface area contributed by atoms with E-state index in [1.165, 1.54) is 11.3 Å². The zero-order valence-electron chi connectivity index (χ0n) is 12.7. The van der Waals surface area contributed by atoms with E-state index in [0.29, 0.717) is 0 Å². The second-order valence-corrected chi connectivity index (χ2v) is 5.21.